The quantitative estimate of drug-likeness (QED) is 0.464. The van der Waals surface area contributed by atoms with E-state index in [2.05, 4.69) is 32.3 Å². The van der Waals surface area contributed by atoms with Gasteiger partial charge < -0.3 is 14.7 Å². The standard InChI is InChI=1S/C15H25N5O.HI/c1-3-16-14(17-10-13-18-12(2)21-19-13)20-9-8-15(11-20)6-4-5-7-15;/h3-11H2,1-2H3,(H,16,17);1H. The van der Waals surface area contributed by atoms with Crippen molar-refractivity contribution in [3.63, 3.8) is 0 Å². The van der Waals surface area contributed by atoms with Gasteiger partial charge in [0.1, 0.15) is 6.54 Å². The first-order valence-corrected chi connectivity index (χ1v) is 8.03. The van der Waals surface area contributed by atoms with Crippen molar-refractivity contribution in [2.45, 2.75) is 52.5 Å². The van der Waals surface area contributed by atoms with Crippen LogP contribution in [0.15, 0.2) is 9.52 Å². The summed E-state index contributed by atoms with van der Waals surface area (Å²) in [6.45, 7) is 7.52. The van der Waals surface area contributed by atoms with Gasteiger partial charge in [-0.05, 0) is 31.6 Å². The maximum atomic E-state index is 4.99. The number of rotatable bonds is 3. The monoisotopic (exact) mass is 419 g/mol. The molecule has 1 N–H and O–H groups in total. The first kappa shape index (κ1) is 17.5. The molecule has 2 heterocycles. The van der Waals surface area contributed by atoms with Crippen molar-refractivity contribution in [2.24, 2.45) is 10.4 Å². The Labute approximate surface area is 149 Å². The van der Waals surface area contributed by atoms with Crippen LogP contribution in [0, 0.1) is 12.3 Å². The van der Waals surface area contributed by atoms with Crippen LogP contribution in [0.4, 0.5) is 0 Å². The number of nitrogens with zero attached hydrogens (tertiary/aromatic N) is 4. The van der Waals surface area contributed by atoms with Gasteiger partial charge in [0.2, 0.25) is 5.89 Å². The topological polar surface area (TPSA) is 66.5 Å². The lowest BCUT2D eigenvalue weighted by Crippen LogP contribution is -2.41. The van der Waals surface area contributed by atoms with Crippen LogP contribution in [0.3, 0.4) is 0 Å². The highest BCUT2D eigenvalue weighted by Crippen LogP contribution is 2.45. The molecule has 3 rings (SSSR count). The van der Waals surface area contributed by atoms with E-state index in [1.807, 2.05) is 0 Å². The van der Waals surface area contributed by atoms with E-state index >= 15 is 0 Å². The lowest BCUT2D eigenvalue weighted by Gasteiger charge is -2.25. The lowest BCUT2D eigenvalue weighted by atomic mass is 9.86. The molecule has 22 heavy (non-hydrogen) atoms. The summed E-state index contributed by atoms with van der Waals surface area (Å²) in [5.41, 5.74) is 0.554. The molecule has 1 aliphatic heterocycles. The second-order valence-electron chi connectivity index (χ2n) is 6.28. The summed E-state index contributed by atoms with van der Waals surface area (Å²) in [7, 11) is 0. The zero-order valence-electron chi connectivity index (χ0n) is 13.5. The fourth-order valence-corrected chi connectivity index (χ4v) is 3.63. The molecule has 7 heteroatoms. The smallest absolute Gasteiger partial charge is 0.223 e. The largest absolute Gasteiger partial charge is 0.357 e. The molecule has 0 amide bonds. The minimum absolute atomic E-state index is 0. The number of aryl methyl sites for hydroxylation is 1. The van der Waals surface area contributed by atoms with Crippen molar-refractivity contribution in [1.29, 1.82) is 0 Å². The Bertz CT molecular complexity index is 510. The summed E-state index contributed by atoms with van der Waals surface area (Å²) < 4.78 is 4.99. The van der Waals surface area contributed by atoms with E-state index in [-0.39, 0.29) is 24.0 Å². The van der Waals surface area contributed by atoms with E-state index in [1.54, 1.807) is 6.92 Å². The molecule has 1 spiro atoms. The van der Waals surface area contributed by atoms with E-state index in [9.17, 15) is 0 Å². The Hall–Kier alpha value is -0.860. The molecule has 1 saturated heterocycles. The molecule has 0 unspecified atom stereocenters. The number of hydrogen-bond acceptors (Lipinski definition) is 4. The van der Waals surface area contributed by atoms with Crippen LogP contribution in [-0.2, 0) is 6.54 Å². The number of hydrogen-bond donors (Lipinski definition) is 1. The molecule has 2 fully saturated rings. The number of aromatic nitrogens is 2. The van der Waals surface area contributed by atoms with E-state index < -0.39 is 0 Å². The van der Waals surface area contributed by atoms with Crippen molar-refractivity contribution in [2.75, 3.05) is 19.6 Å². The van der Waals surface area contributed by atoms with Crippen LogP contribution in [0.2, 0.25) is 0 Å². The number of nitrogens with one attached hydrogen (secondary N) is 1. The van der Waals surface area contributed by atoms with Gasteiger partial charge in [-0.3, -0.25) is 0 Å². The van der Waals surface area contributed by atoms with Gasteiger partial charge in [0.05, 0.1) is 0 Å². The third-order valence-electron chi connectivity index (χ3n) is 4.68. The zero-order chi connectivity index (χ0) is 14.7. The molecular formula is C15H26IN5O. The number of guanidine groups is 1. The summed E-state index contributed by atoms with van der Waals surface area (Å²) >= 11 is 0. The van der Waals surface area contributed by atoms with Gasteiger partial charge in [0.25, 0.3) is 0 Å². The van der Waals surface area contributed by atoms with Crippen LogP contribution in [0.1, 0.15) is 50.7 Å². The SMILES string of the molecule is CCNC(=NCc1noc(C)n1)N1CCC2(CCCC2)C1.I. The van der Waals surface area contributed by atoms with Crippen LogP contribution in [-0.4, -0.2) is 40.6 Å². The Morgan fingerprint density at radius 3 is 2.77 bits per heavy atom. The number of aliphatic imine (C=N–C) groups is 1. The van der Waals surface area contributed by atoms with E-state index in [1.165, 1.54) is 32.1 Å². The van der Waals surface area contributed by atoms with Gasteiger partial charge in [0.15, 0.2) is 11.8 Å². The minimum Gasteiger partial charge on any atom is -0.357 e. The van der Waals surface area contributed by atoms with Crippen LogP contribution >= 0.6 is 24.0 Å². The van der Waals surface area contributed by atoms with Crippen LogP contribution < -0.4 is 5.32 Å². The molecule has 2 aliphatic rings. The summed E-state index contributed by atoms with van der Waals surface area (Å²) in [6, 6.07) is 0. The summed E-state index contributed by atoms with van der Waals surface area (Å²) in [5, 5.41) is 7.30. The fourth-order valence-electron chi connectivity index (χ4n) is 3.63. The van der Waals surface area contributed by atoms with Gasteiger partial charge in [-0.25, -0.2) is 4.99 Å². The molecule has 1 aliphatic carbocycles. The van der Waals surface area contributed by atoms with Crippen molar-refractivity contribution in [1.82, 2.24) is 20.4 Å². The van der Waals surface area contributed by atoms with Crippen LogP contribution in [0.25, 0.3) is 0 Å². The van der Waals surface area contributed by atoms with Crippen molar-refractivity contribution in [3.8, 4) is 0 Å². The normalized spacial score (nSPS) is 20.5. The average Bonchev–Trinajstić information content (AvgIpc) is 3.19. The van der Waals surface area contributed by atoms with E-state index in [0.29, 0.717) is 23.7 Å². The molecule has 1 aromatic rings. The number of halogens is 1. The highest BCUT2D eigenvalue weighted by Gasteiger charge is 2.41. The Morgan fingerprint density at radius 1 is 1.36 bits per heavy atom. The average molecular weight is 419 g/mol. The maximum Gasteiger partial charge on any atom is 0.223 e. The molecular weight excluding hydrogens is 393 g/mol. The summed E-state index contributed by atoms with van der Waals surface area (Å²) in [4.78, 5) is 11.3. The molecule has 1 saturated carbocycles. The zero-order valence-corrected chi connectivity index (χ0v) is 15.8. The first-order valence-electron chi connectivity index (χ1n) is 8.03. The molecule has 0 radical (unpaired) electrons. The highest BCUT2D eigenvalue weighted by atomic mass is 127. The molecule has 6 nitrogen and oxygen atoms in total. The molecule has 0 bridgehead atoms. The molecule has 0 atom stereocenters. The van der Waals surface area contributed by atoms with Crippen molar-refractivity contribution < 1.29 is 4.52 Å². The fraction of sp³-hybridized carbons (Fsp3) is 0.800. The summed E-state index contributed by atoms with van der Waals surface area (Å²) in [5.74, 6) is 2.23. The molecule has 1 aromatic heterocycles. The minimum atomic E-state index is 0. The Balaban J connectivity index is 0.00000176. The number of likely N-dealkylation sites (tertiary alicyclic amines) is 1. The van der Waals surface area contributed by atoms with Gasteiger partial charge in [-0.1, -0.05) is 18.0 Å². The third-order valence-corrected chi connectivity index (χ3v) is 4.68. The Kier molecular flexibility index (Phi) is 6.05. The second-order valence-corrected chi connectivity index (χ2v) is 6.28. The Morgan fingerprint density at radius 2 is 2.14 bits per heavy atom. The lowest BCUT2D eigenvalue weighted by molar-refractivity contribution is 0.309. The second kappa shape index (κ2) is 7.61. The van der Waals surface area contributed by atoms with E-state index in [0.717, 1.165) is 25.6 Å². The van der Waals surface area contributed by atoms with Crippen LogP contribution in [0.5, 0.6) is 0 Å². The first-order chi connectivity index (χ1) is 10.2. The van der Waals surface area contributed by atoms with Gasteiger partial charge in [0, 0.05) is 26.6 Å². The molecule has 0 aromatic carbocycles. The summed E-state index contributed by atoms with van der Waals surface area (Å²) in [6.07, 6.45) is 6.85. The van der Waals surface area contributed by atoms with Gasteiger partial charge >= 0.3 is 0 Å². The van der Waals surface area contributed by atoms with Gasteiger partial charge in [-0.15, -0.1) is 24.0 Å². The van der Waals surface area contributed by atoms with Crippen molar-refractivity contribution in [3.05, 3.63) is 11.7 Å². The maximum absolute atomic E-state index is 4.99. The highest BCUT2D eigenvalue weighted by molar-refractivity contribution is 14.0. The predicted molar refractivity (Wildman–Crippen MR) is 96.4 cm³/mol. The van der Waals surface area contributed by atoms with E-state index in [4.69, 9.17) is 4.52 Å². The third kappa shape index (κ3) is 3.91. The molecule has 124 valence electrons. The van der Waals surface area contributed by atoms with Crippen molar-refractivity contribution >= 4 is 29.9 Å². The van der Waals surface area contributed by atoms with Gasteiger partial charge in [-0.2, -0.15) is 4.98 Å². The predicted octanol–water partition coefficient (Wildman–Crippen LogP) is 2.73.